The molecule has 0 aliphatic heterocycles. The van der Waals surface area contributed by atoms with Crippen LogP contribution in [0.15, 0.2) is 48.5 Å². The van der Waals surface area contributed by atoms with Gasteiger partial charge in [-0.25, -0.2) is 9.18 Å². The summed E-state index contributed by atoms with van der Waals surface area (Å²) in [6.07, 6.45) is 0. The molecule has 0 spiro atoms. The number of quaternary nitrogens is 1. The number of rotatable bonds is 6. The molecule has 6 heteroatoms. The van der Waals surface area contributed by atoms with Gasteiger partial charge in [-0.05, 0) is 24.3 Å². The minimum atomic E-state index is -0.508. The number of nitrogens with one attached hydrogen (secondary N) is 2. The number of methoxy groups -OCH3 is 1. The molecule has 24 heavy (non-hydrogen) atoms. The van der Waals surface area contributed by atoms with Gasteiger partial charge < -0.3 is 15.0 Å². The fourth-order valence-corrected chi connectivity index (χ4v) is 2.41. The Morgan fingerprint density at radius 1 is 1.17 bits per heavy atom. The first-order chi connectivity index (χ1) is 11.5. The number of carbonyl (C=O) groups is 2. The predicted octanol–water partition coefficient (Wildman–Crippen LogP) is 1.27. The molecule has 0 aliphatic rings. The van der Waals surface area contributed by atoms with Crippen molar-refractivity contribution in [3.63, 3.8) is 0 Å². The maximum absolute atomic E-state index is 13.2. The molecule has 126 valence electrons. The van der Waals surface area contributed by atoms with E-state index in [0.717, 1.165) is 10.5 Å². The van der Waals surface area contributed by atoms with E-state index in [4.69, 9.17) is 4.74 Å². The van der Waals surface area contributed by atoms with Gasteiger partial charge in [-0.2, -0.15) is 0 Å². The number of carbonyl (C=O) groups excluding carboxylic acids is 2. The summed E-state index contributed by atoms with van der Waals surface area (Å²) in [5, 5.41) is 2.72. The number of esters is 1. The summed E-state index contributed by atoms with van der Waals surface area (Å²) >= 11 is 0. The molecule has 1 unspecified atom stereocenters. The van der Waals surface area contributed by atoms with Crippen molar-refractivity contribution in [1.29, 1.82) is 0 Å². The average Bonchev–Trinajstić information content (AvgIpc) is 2.54. The van der Waals surface area contributed by atoms with Crippen LogP contribution in [0.4, 0.5) is 10.1 Å². The lowest BCUT2D eigenvalue weighted by atomic mass is 10.1. The summed E-state index contributed by atoms with van der Waals surface area (Å²) in [5.74, 6) is -1.04. The highest BCUT2D eigenvalue weighted by Gasteiger charge is 2.16. The van der Waals surface area contributed by atoms with E-state index in [9.17, 15) is 14.0 Å². The highest BCUT2D eigenvalue weighted by molar-refractivity contribution is 6.01. The van der Waals surface area contributed by atoms with Gasteiger partial charge in [0.1, 0.15) is 12.4 Å². The van der Waals surface area contributed by atoms with Crippen LogP contribution in [0.5, 0.6) is 0 Å². The Kier molecular flexibility index (Phi) is 6.03. The fraction of sp³-hybridized carbons (Fsp3) is 0.222. The quantitative estimate of drug-likeness (QED) is 0.784. The van der Waals surface area contributed by atoms with E-state index in [-0.39, 0.29) is 18.3 Å². The molecule has 5 nitrogen and oxygen atoms in total. The summed E-state index contributed by atoms with van der Waals surface area (Å²) in [6, 6.07) is 13.0. The van der Waals surface area contributed by atoms with Gasteiger partial charge in [-0.15, -0.1) is 0 Å². The van der Waals surface area contributed by atoms with Gasteiger partial charge in [0.25, 0.3) is 5.91 Å². The standard InChI is InChI=1S/C18H19FN2O3/c1-21(11-13-6-5-7-14(19)10-13)12-17(22)20-16-9-4-3-8-15(16)18(23)24-2/h3-10H,11-12H2,1-2H3,(H,20,22)/p+1. The fourth-order valence-electron chi connectivity index (χ4n) is 2.41. The van der Waals surface area contributed by atoms with E-state index in [1.54, 1.807) is 30.3 Å². The first-order valence-electron chi connectivity index (χ1n) is 7.52. The van der Waals surface area contributed by atoms with Crippen LogP contribution < -0.4 is 10.2 Å². The molecule has 0 radical (unpaired) electrons. The lowest BCUT2D eigenvalue weighted by Gasteiger charge is -2.15. The van der Waals surface area contributed by atoms with Crippen molar-refractivity contribution in [3.8, 4) is 0 Å². The number of halogens is 1. The Morgan fingerprint density at radius 3 is 2.62 bits per heavy atom. The molecular weight excluding hydrogens is 311 g/mol. The zero-order chi connectivity index (χ0) is 17.5. The van der Waals surface area contributed by atoms with Gasteiger partial charge in [0.15, 0.2) is 6.54 Å². The molecular formula is C18H20FN2O3+. The number of amides is 1. The number of benzene rings is 2. The van der Waals surface area contributed by atoms with Gasteiger partial charge in [0.2, 0.25) is 0 Å². The molecule has 1 atom stereocenters. The number of hydrogen-bond acceptors (Lipinski definition) is 3. The second-order valence-electron chi connectivity index (χ2n) is 5.53. The monoisotopic (exact) mass is 331 g/mol. The Hall–Kier alpha value is -2.73. The van der Waals surface area contributed by atoms with Crippen molar-refractivity contribution in [2.24, 2.45) is 0 Å². The third kappa shape index (κ3) is 4.89. The van der Waals surface area contributed by atoms with Crippen LogP contribution >= 0.6 is 0 Å². The predicted molar refractivity (Wildman–Crippen MR) is 88.3 cm³/mol. The van der Waals surface area contributed by atoms with E-state index in [1.807, 2.05) is 13.1 Å². The van der Waals surface area contributed by atoms with E-state index < -0.39 is 5.97 Å². The third-order valence-corrected chi connectivity index (χ3v) is 3.46. The molecule has 1 amide bonds. The molecule has 0 aromatic heterocycles. The summed E-state index contributed by atoms with van der Waals surface area (Å²) in [6.45, 7) is 0.704. The van der Waals surface area contributed by atoms with Crippen LogP contribution in [0.25, 0.3) is 0 Å². The molecule has 0 fully saturated rings. The van der Waals surface area contributed by atoms with Crippen LogP contribution in [-0.2, 0) is 16.1 Å². The largest absolute Gasteiger partial charge is 0.465 e. The second kappa shape index (κ2) is 8.21. The third-order valence-electron chi connectivity index (χ3n) is 3.46. The van der Waals surface area contributed by atoms with E-state index >= 15 is 0 Å². The topological polar surface area (TPSA) is 59.8 Å². The first kappa shape index (κ1) is 17.6. The summed E-state index contributed by atoms with van der Waals surface area (Å²) in [4.78, 5) is 24.8. The maximum Gasteiger partial charge on any atom is 0.339 e. The molecule has 2 rings (SSSR count). The van der Waals surface area contributed by atoms with E-state index in [0.29, 0.717) is 17.8 Å². The lowest BCUT2D eigenvalue weighted by molar-refractivity contribution is -0.885. The number of hydrogen-bond donors (Lipinski definition) is 2. The molecule has 0 bridgehead atoms. The summed E-state index contributed by atoms with van der Waals surface area (Å²) < 4.78 is 17.9. The van der Waals surface area contributed by atoms with Crippen molar-refractivity contribution in [1.82, 2.24) is 0 Å². The van der Waals surface area contributed by atoms with Crippen molar-refractivity contribution in [2.45, 2.75) is 6.54 Å². The number of para-hydroxylation sites is 1. The van der Waals surface area contributed by atoms with Gasteiger partial charge >= 0.3 is 5.97 Å². The van der Waals surface area contributed by atoms with Crippen LogP contribution in [0, 0.1) is 5.82 Å². The van der Waals surface area contributed by atoms with Gasteiger partial charge in [0, 0.05) is 5.56 Å². The number of ether oxygens (including phenoxy) is 1. The smallest absolute Gasteiger partial charge is 0.339 e. The van der Waals surface area contributed by atoms with Crippen LogP contribution in [-0.4, -0.2) is 32.6 Å². The Bertz CT molecular complexity index is 734. The Balaban J connectivity index is 1.97. The average molecular weight is 331 g/mol. The SMILES string of the molecule is COC(=O)c1ccccc1NC(=O)C[NH+](C)Cc1cccc(F)c1. The van der Waals surface area contributed by atoms with Crippen LogP contribution in [0.1, 0.15) is 15.9 Å². The van der Waals surface area contributed by atoms with Crippen molar-refractivity contribution < 1.29 is 23.6 Å². The second-order valence-corrected chi connectivity index (χ2v) is 5.53. The molecule has 0 aliphatic carbocycles. The normalized spacial score (nSPS) is 11.6. The van der Waals surface area contributed by atoms with Crippen molar-refractivity contribution in [3.05, 3.63) is 65.5 Å². The first-order valence-corrected chi connectivity index (χ1v) is 7.52. The van der Waals surface area contributed by atoms with Crippen molar-refractivity contribution in [2.75, 3.05) is 26.0 Å². The molecule has 2 aromatic carbocycles. The number of likely N-dealkylation sites (N-methyl/N-ethyl adjacent to an activating group) is 1. The Morgan fingerprint density at radius 2 is 1.92 bits per heavy atom. The summed E-state index contributed by atoms with van der Waals surface area (Å²) in [5.41, 5.74) is 1.53. The minimum Gasteiger partial charge on any atom is -0.465 e. The Labute approximate surface area is 140 Å². The molecule has 0 saturated heterocycles. The molecule has 2 aromatic rings. The molecule has 0 saturated carbocycles. The van der Waals surface area contributed by atoms with Crippen LogP contribution in [0.3, 0.4) is 0 Å². The highest BCUT2D eigenvalue weighted by atomic mass is 19.1. The maximum atomic E-state index is 13.2. The highest BCUT2D eigenvalue weighted by Crippen LogP contribution is 2.15. The lowest BCUT2D eigenvalue weighted by Crippen LogP contribution is -3.08. The summed E-state index contributed by atoms with van der Waals surface area (Å²) in [7, 11) is 3.13. The van der Waals surface area contributed by atoms with Crippen LogP contribution in [0.2, 0.25) is 0 Å². The van der Waals surface area contributed by atoms with Gasteiger partial charge in [0.05, 0.1) is 25.4 Å². The zero-order valence-electron chi connectivity index (χ0n) is 13.6. The van der Waals surface area contributed by atoms with E-state index in [1.165, 1.54) is 19.2 Å². The minimum absolute atomic E-state index is 0.187. The molecule has 0 heterocycles. The zero-order valence-corrected chi connectivity index (χ0v) is 13.6. The van der Waals surface area contributed by atoms with Gasteiger partial charge in [-0.3, -0.25) is 4.79 Å². The van der Waals surface area contributed by atoms with E-state index in [2.05, 4.69) is 5.32 Å². The molecule has 2 N–H and O–H groups in total. The van der Waals surface area contributed by atoms with Gasteiger partial charge in [-0.1, -0.05) is 24.3 Å². The van der Waals surface area contributed by atoms with Crippen molar-refractivity contribution >= 4 is 17.6 Å². The number of anilines is 1.